The van der Waals surface area contributed by atoms with E-state index in [0.29, 0.717) is 17.4 Å². The van der Waals surface area contributed by atoms with Crippen molar-refractivity contribution in [3.05, 3.63) is 76.3 Å². The van der Waals surface area contributed by atoms with E-state index in [1.54, 1.807) is 6.07 Å². The normalized spacial score (nSPS) is 27.2. The summed E-state index contributed by atoms with van der Waals surface area (Å²) in [6.07, 6.45) is 4.67. The second kappa shape index (κ2) is 11.2. The van der Waals surface area contributed by atoms with Crippen molar-refractivity contribution in [2.75, 3.05) is 31.1 Å². The zero-order chi connectivity index (χ0) is 27.7. The van der Waals surface area contributed by atoms with E-state index in [-0.39, 0.29) is 5.92 Å². The SMILES string of the molecule is Cc1ccc(CCC2=NC3(C)N=C(N4CCN(c5ccccc5)CC4)C(Cl)=CC3C(C)[C@H](C)C2)cc1C(=O)O. The Bertz CT molecular complexity index is 1310. The zero-order valence-electron chi connectivity index (χ0n) is 23.4. The number of aryl methyl sites for hydroxylation is 2. The Kier molecular flexibility index (Phi) is 7.86. The Morgan fingerprint density at radius 2 is 1.72 bits per heavy atom. The molecule has 3 aliphatic rings. The van der Waals surface area contributed by atoms with Crippen molar-refractivity contribution in [3.63, 3.8) is 0 Å². The molecule has 39 heavy (non-hydrogen) atoms. The van der Waals surface area contributed by atoms with Gasteiger partial charge in [0.05, 0.1) is 10.6 Å². The van der Waals surface area contributed by atoms with Gasteiger partial charge in [0, 0.05) is 43.5 Å². The van der Waals surface area contributed by atoms with Gasteiger partial charge in [-0.2, -0.15) is 0 Å². The van der Waals surface area contributed by atoms with Crippen molar-refractivity contribution in [1.82, 2.24) is 4.90 Å². The van der Waals surface area contributed by atoms with Crippen LogP contribution in [0.3, 0.4) is 0 Å². The first-order valence-electron chi connectivity index (χ1n) is 14.1. The van der Waals surface area contributed by atoms with Gasteiger partial charge in [0.2, 0.25) is 0 Å². The Hall–Kier alpha value is -3.12. The van der Waals surface area contributed by atoms with Gasteiger partial charge >= 0.3 is 5.97 Å². The molecule has 0 saturated carbocycles. The highest BCUT2D eigenvalue weighted by Crippen LogP contribution is 2.43. The number of aliphatic imine (C=N–C) groups is 2. The summed E-state index contributed by atoms with van der Waals surface area (Å²) in [5.74, 6) is 0.928. The number of amidine groups is 1. The van der Waals surface area contributed by atoms with Crippen LogP contribution in [0.25, 0.3) is 0 Å². The van der Waals surface area contributed by atoms with Gasteiger partial charge < -0.3 is 14.9 Å². The molecule has 7 heteroatoms. The minimum atomic E-state index is -0.878. The summed E-state index contributed by atoms with van der Waals surface area (Å²) in [4.78, 5) is 27.0. The molecule has 0 aliphatic carbocycles. The third-order valence-electron chi connectivity index (χ3n) is 8.84. The van der Waals surface area contributed by atoms with Gasteiger partial charge in [-0.15, -0.1) is 0 Å². The first kappa shape index (κ1) is 27.4. The molecule has 6 nitrogen and oxygen atoms in total. The lowest BCUT2D eigenvalue weighted by molar-refractivity contribution is 0.0696. The highest BCUT2D eigenvalue weighted by molar-refractivity contribution is 6.43. The van der Waals surface area contributed by atoms with Crippen LogP contribution < -0.4 is 4.90 Å². The number of para-hydroxylation sites is 1. The average molecular weight is 547 g/mol. The van der Waals surface area contributed by atoms with Crippen LogP contribution in [0.4, 0.5) is 5.69 Å². The highest BCUT2D eigenvalue weighted by atomic mass is 35.5. The second-order valence-corrected chi connectivity index (χ2v) is 12.0. The van der Waals surface area contributed by atoms with Crippen LogP contribution >= 0.6 is 11.6 Å². The Balaban J connectivity index is 1.37. The van der Waals surface area contributed by atoms with Crippen molar-refractivity contribution in [1.29, 1.82) is 0 Å². The van der Waals surface area contributed by atoms with Gasteiger partial charge in [-0.25, -0.2) is 9.79 Å². The number of halogens is 1. The fourth-order valence-electron chi connectivity index (χ4n) is 6.30. The summed E-state index contributed by atoms with van der Waals surface area (Å²) >= 11 is 6.93. The lowest BCUT2D eigenvalue weighted by Crippen LogP contribution is -2.51. The van der Waals surface area contributed by atoms with Crippen molar-refractivity contribution in [3.8, 4) is 0 Å². The molecule has 3 unspecified atom stereocenters. The molecule has 2 aromatic carbocycles. The number of rotatable bonds is 5. The minimum absolute atomic E-state index is 0.129. The maximum absolute atomic E-state index is 11.6. The maximum Gasteiger partial charge on any atom is 0.335 e. The number of carbonyl (C=O) groups is 1. The first-order valence-corrected chi connectivity index (χ1v) is 14.5. The van der Waals surface area contributed by atoms with Crippen LogP contribution in [-0.2, 0) is 6.42 Å². The van der Waals surface area contributed by atoms with E-state index in [1.165, 1.54) is 5.69 Å². The van der Waals surface area contributed by atoms with E-state index in [0.717, 1.165) is 73.1 Å². The number of fused-ring (bicyclic) bond motifs is 1. The van der Waals surface area contributed by atoms with Crippen LogP contribution in [-0.4, -0.2) is 59.4 Å². The molecule has 4 atom stereocenters. The molecule has 3 heterocycles. The number of anilines is 1. The average Bonchev–Trinajstić information content (AvgIpc) is 3.02. The molecule has 0 amide bonds. The second-order valence-electron chi connectivity index (χ2n) is 11.6. The summed E-state index contributed by atoms with van der Waals surface area (Å²) in [7, 11) is 0. The quantitative estimate of drug-likeness (QED) is 0.469. The minimum Gasteiger partial charge on any atom is -0.478 e. The van der Waals surface area contributed by atoms with Crippen LogP contribution in [0.1, 0.15) is 55.1 Å². The molecule has 1 N–H and O–H groups in total. The standard InChI is InChI=1S/C32H39ClN4O2/c1-21-10-11-24(19-27(21)31(38)39)12-13-25-18-22(2)23(3)28-20-29(33)30(35-32(28,4)34-25)37-16-14-36(15-17-37)26-8-6-5-7-9-26/h5-11,19-20,22-23,28H,12-18H2,1-4H3,(H,38,39)/t22-,23?,28?,32?/m1/s1. The Morgan fingerprint density at radius 3 is 2.41 bits per heavy atom. The van der Waals surface area contributed by atoms with Crippen LogP contribution in [0, 0.1) is 24.7 Å². The predicted octanol–water partition coefficient (Wildman–Crippen LogP) is 6.43. The predicted molar refractivity (Wildman–Crippen MR) is 160 cm³/mol. The van der Waals surface area contributed by atoms with Gasteiger partial charge in [0.25, 0.3) is 0 Å². The summed E-state index contributed by atoms with van der Waals surface area (Å²) in [6, 6.07) is 16.3. The monoisotopic (exact) mass is 546 g/mol. The largest absolute Gasteiger partial charge is 0.478 e. The summed E-state index contributed by atoms with van der Waals surface area (Å²) in [5, 5.41) is 10.3. The number of piperazine rings is 1. The molecule has 206 valence electrons. The van der Waals surface area contributed by atoms with Crippen molar-refractivity contribution < 1.29 is 9.90 Å². The summed E-state index contributed by atoms with van der Waals surface area (Å²) in [5.41, 5.74) is 3.98. The third-order valence-corrected chi connectivity index (χ3v) is 9.14. The van der Waals surface area contributed by atoms with E-state index >= 15 is 0 Å². The third kappa shape index (κ3) is 5.76. The molecule has 0 aromatic heterocycles. The smallest absolute Gasteiger partial charge is 0.335 e. The van der Waals surface area contributed by atoms with Gasteiger partial charge in [-0.3, -0.25) is 4.99 Å². The van der Waals surface area contributed by atoms with E-state index < -0.39 is 11.6 Å². The van der Waals surface area contributed by atoms with Crippen LogP contribution in [0.5, 0.6) is 0 Å². The molecule has 5 rings (SSSR count). The van der Waals surface area contributed by atoms with Crippen LogP contribution in [0.15, 0.2) is 69.6 Å². The molecule has 2 aromatic rings. The zero-order valence-corrected chi connectivity index (χ0v) is 24.2. The highest BCUT2D eigenvalue weighted by Gasteiger charge is 2.44. The van der Waals surface area contributed by atoms with Gasteiger partial charge in [-0.1, -0.05) is 61.9 Å². The van der Waals surface area contributed by atoms with E-state index in [4.69, 9.17) is 21.6 Å². The van der Waals surface area contributed by atoms with Crippen molar-refractivity contribution >= 4 is 34.8 Å². The number of carboxylic acids is 1. The molecule has 0 bridgehead atoms. The molecule has 1 fully saturated rings. The molecule has 0 spiro atoms. The molecule has 3 aliphatic heterocycles. The van der Waals surface area contributed by atoms with Gasteiger partial charge in [0.1, 0.15) is 5.84 Å². The van der Waals surface area contributed by atoms with E-state index in [2.05, 4.69) is 67.0 Å². The number of hydrogen-bond acceptors (Lipinski definition) is 5. The Labute approximate surface area is 237 Å². The number of carboxylic acid groups (broad SMARTS) is 1. The number of hydrogen-bond donors (Lipinski definition) is 1. The fourth-order valence-corrected chi connectivity index (χ4v) is 6.60. The number of aromatic carboxylic acids is 1. The van der Waals surface area contributed by atoms with Crippen molar-refractivity contribution in [2.24, 2.45) is 27.7 Å². The number of nitrogens with zero attached hydrogens (tertiary/aromatic N) is 4. The number of dihydropyridines is 1. The molecular formula is C32H39ClN4O2. The molecular weight excluding hydrogens is 508 g/mol. The van der Waals surface area contributed by atoms with Gasteiger partial charge in [-0.05, 0) is 74.3 Å². The summed E-state index contributed by atoms with van der Waals surface area (Å²) in [6.45, 7) is 12.1. The molecule has 0 radical (unpaired) electrons. The number of benzene rings is 2. The molecule has 1 saturated heterocycles. The van der Waals surface area contributed by atoms with Crippen LogP contribution in [0.2, 0.25) is 0 Å². The fraction of sp³-hybridized carbons (Fsp3) is 0.469. The lowest BCUT2D eigenvalue weighted by Gasteiger charge is -2.42. The summed E-state index contributed by atoms with van der Waals surface area (Å²) < 4.78 is 0. The van der Waals surface area contributed by atoms with Crippen molar-refractivity contribution in [2.45, 2.75) is 52.6 Å². The topological polar surface area (TPSA) is 68.5 Å². The lowest BCUT2D eigenvalue weighted by atomic mass is 9.76. The van der Waals surface area contributed by atoms with Gasteiger partial charge in [0.15, 0.2) is 5.66 Å². The maximum atomic E-state index is 11.6. The van der Waals surface area contributed by atoms with E-state index in [1.807, 2.05) is 19.1 Å². The Morgan fingerprint density at radius 1 is 1.03 bits per heavy atom. The first-order chi connectivity index (χ1) is 18.6. The van der Waals surface area contributed by atoms with E-state index in [9.17, 15) is 9.90 Å².